The Morgan fingerprint density at radius 3 is 2.76 bits per heavy atom. The third-order valence-corrected chi connectivity index (χ3v) is 8.67. The number of sulfone groups is 1. The number of nitrogens with zero attached hydrogens (tertiary/aromatic N) is 2. The maximum Gasteiger partial charge on any atom is 0.268 e. The van der Waals surface area contributed by atoms with Crippen molar-refractivity contribution in [3.63, 3.8) is 0 Å². The van der Waals surface area contributed by atoms with Gasteiger partial charge in [0, 0.05) is 41.6 Å². The second kappa shape index (κ2) is 9.15. The van der Waals surface area contributed by atoms with Gasteiger partial charge >= 0.3 is 0 Å². The van der Waals surface area contributed by atoms with Crippen LogP contribution in [0.4, 0.5) is 10.1 Å². The molecule has 192 valence electrons. The van der Waals surface area contributed by atoms with Crippen molar-refractivity contribution >= 4 is 38.5 Å². The average molecular weight is 523 g/mol. The summed E-state index contributed by atoms with van der Waals surface area (Å²) in [5, 5.41) is 20.8. The molecule has 4 N–H and O–H groups in total. The monoisotopic (exact) mass is 522 g/mol. The second-order valence-electron chi connectivity index (χ2n) is 9.35. The van der Waals surface area contributed by atoms with Gasteiger partial charge in [0.15, 0.2) is 0 Å². The highest BCUT2D eigenvalue weighted by Crippen LogP contribution is 2.33. The quantitative estimate of drug-likeness (QED) is 0.257. The molecule has 0 spiro atoms. The molecule has 37 heavy (non-hydrogen) atoms. The summed E-state index contributed by atoms with van der Waals surface area (Å²) in [5.41, 5.74) is 3.02. The number of halogens is 1. The van der Waals surface area contributed by atoms with Gasteiger partial charge in [-0.05, 0) is 50.5 Å². The standard InChI is InChI=1S/C26H27FN6O3S/c1-14(20-6-4-5-16(12-28)24(20)31-18-7-8-18)30-26(34)22-11-23(15(2)33(22)3)37(35,36)19-9-17-13-29-32-25(17)21(27)10-19/h4-6,9-14,18,28,31H,7-8H2,1-3H3,(H,29,32)(H,30,34)/t14-/m0/s1. The summed E-state index contributed by atoms with van der Waals surface area (Å²) in [6.45, 7) is 3.44. The predicted octanol–water partition coefficient (Wildman–Crippen LogP) is 4.24. The first-order chi connectivity index (χ1) is 17.6. The first-order valence-electron chi connectivity index (χ1n) is 11.9. The number of amides is 1. The van der Waals surface area contributed by atoms with Crippen LogP contribution in [-0.2, 0) is 16.9 Å². The molecule has 1 aliphatic carbocycles. The van der Waals surface area contributed by atoms with Gasteiger partial charge in [-0.25, -0.2) is 12.8 Å². The Kier molecular flexibility index (Phi) is 6.10. The molecule has 9 nitrogen and oxygen atoms in total. The fourth-order valence-corrected chi connectivity index (χ4v) is 6.04. The maximum atomic E-state index is 14.5. The number of fused-ring (bicyclic) bond motifs is 1. The van der Waals surface area contributed by atoms with E-state index in [1.807, 2.05) is 25.1 Å². The molecule has 11 heteroatoms. The summed E-state index contributed by atoms with van der Waals surface area (Å²) >= 11 is 0. The van der Waals surface area contributed by atoms with Crippen molar-refractivity contribution in [2.24, 2.45) is 7.05 Å². The maximum absolute atomic E-state index is 14.5. The first kappa shape index (κ1) is 24.7. The van der Waals surface area contributed by atoms with Crippen LogP contribution in [0.25, 0.3) is 10.9 Å². The van der Waals surface area contributed by atoms with Gasteiger partial charge in [-0.2, -0.15) is 5.10 Å². The molecule has 1 amide bonds. The van der Waals surface area contributed by atoms with Gasteiger partial charge in [-0.3, -0.25) is 9.89 Å². The molecule has 2 aromatic heterocycles. The van der Waals surface area contributed by atoms with Crippen LogP contribution in [0.3, 0.4) is 0 Å². The minimum absolute atomic E-state index is 0.0723. The molecule has 2 heterocycles. The highest BCUT2D eigenvalue weighted by atomic mass is 32.2. The number of para-hydroxylation sites is 1. The number of benzene rings is 2. The van der Waals surface area contributed by atoms with Gasteiger partial charge in [0.2, 0.25) is 9.84 Å². The molecule has 0 aliphatic heterocycles. The normalized spacial score (nSPS) is 14.5. The number of carbonyl (C=O) groups is 1. The van der Waals surface area contributed by atoms with E-state index >= 15 is 0 Å². The number of carbonyl (C=O) groups excluding carboxylic acids is 1. The number of aromatic amines is 1. The van der Waals surface area contributed by atoms with Crippen molar-refractivity contribution in [1.82, 2.24) is 20.1 Å². The van der Waals surface area contributed by atoms with Gasteiger partial charge in [0.1, 0.15) is 17.0 Å². The van der Waals surface area contributed by atoms with Crippen LogP contribution in [-0.4, -0.2) is 41.3 Å². The Hall–Kier alpha value is -3.99. The molecule has 5 rings (SSSR count). The largest absolute Gasteiger partial charge is 0.381 e. The van der Waals surface area contributed by atoms with Crippen molar-refractivity contribution in [2.75, 3.05) is 5.32 Å². The Balaban J connectivity index is 1.46. The topological polar surface area (TPSA) is 133 Å². The number of anilines is 1. The fourth-order valence-electron chi connectivity index (χ4n) is 4.45. The van der Waals surface area contributed by atoms with E-state index in [0.717, 1.165) is 35.7 Å². The molecule has 2 aromatic carbocycles. The number of nitrogens with one attached hydrogen (secondary N) is 4. The van der Waals surface area contributed by atoms with Crippen LogP contribution in [0.1, 0.15) is 53.1 Å². The molecule has 0 bridgehead atoms. The lowest BCUT2D eigenvalue weighted by atomic mass is 10.0. The zero-order valence-electron chi connectivity index (χ0n) is 20.6. The molecule has 1 fully saturated rings. The molecule has 0 radical (unpaired) electrons. The average Bonchev–Trinajstić information content (AvgIpc) is 3.45. The number of rotatable bonds is 8. The first-order valence-corrected chi connectivity index (χ1v) is 13.3. The van der Waals surface area contributed by atoms with E-state index < -0.39 is 27.6 Å². The van der Waals surface area contributed by atoms with E-state index in [0.29, 0.717) is 17.1 Å². The Morgan fingerprint density at radius 1 is 1.30 bits per heavy atom. The zero-order chi connectivity index (χ0) is 26.5. The smallest absolute Gasteiger partial charge is 0.268 e. The van der Waals surface area contributed by atoms with Crippen molar-refractivity contribution in [3.05, 3.63) is 70.9 Å². The fraction of sp³-hybridized carbons (Fsp3) is 0.269. The predicted molar refractivity (Wildman–Crippen MR) is 139 cm³/mol. The molecule has 0 unspecified atom stereocenters. The van der Waals surface area contributed by atoms with Crippen LogP contribution in [0, 0.1) is 18.2 Å². The molecule has 1 aliphatic rings. The van der Waals surface area contributed by atoms with Gasteiger partial charge in [0.25, 0.3) is 5.91 Å². The molecular weight excluding hydrogens is 495 g/mol. The van der Waals surface area contributed by atoms with E-state index in [2.05, 4.69) is 20.8 Å². The van der Waals surface area contributed by atoms with E-state index in [1.54, 1.807) is 14.0 Å². The van der Waals surface area contributed by atoms with Crippen LogP contribution in [0.15, 0.2) is 52.4 Å². The SMILES string of the molecule is Cc1c(S(=O)(=O)c2cc(F)c3[nH]ncc3c2)cc(C(=O)N[C@@H](C)c2cccc(C=N)c2NC2CC2)n1C. The number of hydrogen-bond donors (Lipinski definition) is 4. The Labute approximate surface area is 213 Å². The third-order valence-electron chi connectivity index (χ3n) is 6.82. The minimum Gasteiger partial charge on any atom is -0.381 e. The summed E-state index contributed by atoms with van der Waals surface area (Å²) < 4.78 is 42.9. The van der Waals surface area contributed by atoms with Gasteiger partial charge in [-0.1, -0.05) is 18.2 Å². The molecule has 1 saturated carbocycles. The van der Waals surface area contributed by atoms with Crippen molar-refractivity contribution in [2.45, 2.75) is 48.6 Å². The zero-order valence-corrected chi connectivity index (χ0v) is 21.4. The summed E-state index contributed by atoms with van der Waals surface area (Å²) in [6.07, 6.45) is 4.76. The Bertz CT molecular complexity index is 1650. The van der Waals surface area contributed by atoms with Crippen molar-refractivity contribution in [1.29, 1.82) is 5.41 Å². The minimum atomic E-state index is -4.12. The number of aromatic nitrogens is 3. The lowest BCUT2D eigenvalue weighted by Crippen LogP contribution is -2.29. The van der Waals surface area contributed by atoms with E-state index in [4.69, 9.17) is 5.41 Å². The Morgan fingerprint density at radius 2 is 2.05 bits per heavy atom. The summed E-state index contributed by atoms with van der Waals surface area (Å²) in [6, 6.07) is 9.15. The summed E-state index contributed by atoms with van der Waals surface area (Å²) in [4.78, 5) is 13.0. The molecule has 4 aromatic rings. The highest BCUT2D eigenvalue weighted by Gasteiger charge is 2.29. The number of hydrogen-bond acceptors (Lipinski definition) is 6. The van der Waals surface area contributed by atoms with Crippen LogP contribution >= 0.6 is 0 Å². The van der Waals surface area contributed by atoms with Gasteiger partial charge in [-0.15, -0.1) is 0 Å². The molecule has 1 atom stereocenters. The van der Waals surface area contributed by atoms with Gasteiger partial charge < -0.3 is 20.6 Å². The highest BCUT2D eigenvalue weighted by molar-refractivity contribution is 7.91. The lowest BCUT2D eigenvalue weighted by Gasteiger charge is -2.21. The third kappa shape index (κ3) is 4.39. The van der Waals surface area contributed by atoms with E-state index in [-0.39, 0.29) is 21.0 Å². The van der Waals surface area contributed by atoms with Gasteiger partial charge in [0.05, 0.1) is 22.0 Å². The number of H-pyrrole nitrogens is 1. The summed E-state index contributed by atoms with van der Waals surface area (Å²) in [5.74, 6) is -1.18. The van der Waals surface area contributed by atoms with Crippen LogP contribution < -0.4 is 10.6 Å². The van der Waals surface area contributed by atoms with Crippen LogP contribution in [0.2, 0.25) is 0 Å². The second-order valence-corrected chi connectivity index (χ2v) is 11.3. The van der Waals surface area contributed by atoms with Crippen LogP contribution in [0.5, 0.6) is 0 Å². The lowest BCUT2D eigenvalue weighted by molar-refractivity contribution is 0.0931. The molecular formula is C26H27FN6O3S. The summed E-state index contributed by atoms with van der Waals surface area (Å²) in [7, 11) is -2.50. The van der Waals surface area contributed by atoms with Crippen molar-refractivity contribution < 1.29 is 17.6 Å². The van der Waals surface area contributed by atoms with E-state index in [1.165, 1.54) is 29.1 Å². The van der Waals surface area contributed by atoms with E-state index in [9.17, 15) is 17.6 Å². The van der Waals surface area contributed by atoms with Crippen molar-refractivity contribution in [3.8, 4) is 0 Å². The molecule has 0 saturated heterocycles.